The van der Waals surface area contributed by atoms with Crippen LogP contribution in [0.3, 0.4) is 0 Å². The predicted molar refractivity (Wildman–Crippen MR) is 122 cm³/mol. The van der Waals surface area contributed by atoms with Crippen molar-refractivity contribution in [3.63, 3.8) is 0 Å². The second-order valence-electron chi connectivity index (χ2n) is 8.21. The number of carboxylic acids is 1. The molecule has 1 aliphatic rings. The van der Waals surface area contributed by atoms with Gasteiger partial charge in [0.2, 0.25) is 0 Å². The lowest BCUT2D eigenvalue weighted by Crippen LogP contribution is -2.53. The Hall–Kier alpha value is -3.21. The molecule has 1 saturated heterocycles. The monoisotopic (exact) mass is 413 g/mol. The molecular weight excluding hydrogens is 386 g/mol. The van der Waals surface area contributed by atoms with Crippen LogP contribution < -0.4 is 0 Å². The van der Waals surface area contributed by atoms with E-state index in [9.17, 15) is 15.0 Å². The Morgan fingerprint density at radius 3 is 1.71 bits per heavy atom. The Kier molecular flexibility index (Phi) is 5.77. The summed E-state index contributed by atoms with van der Waals surface area (Å²) in [7, 11) is 0. The Morgan fingerprint density at radius 2 is 1.35 bits per heavy atom. The fraction of sp³-hybridized carbons (Fsp3) is 0.222. The lowest BCUT2D eigenvalue weighted by Gasteiger charge is -2.45. The van der Waals surface area contributed by atoms with Gasteiger partial charge in [0.25, 0.3) is 0 Å². The minimum absolute atomic E-state index is 0.141. The number of aliphatic hydroxyl groups is 1. The van der Waals surface area contributed by atoms with Gasteiger partial charge in [0, 0.05) is 13.0 Å². The van der Waals surface area contributed by atoms with Crippen LogP contribution in [0.2, 0.25) is 0 Å². The molecule has 0 spiro atoms. The summed E-state index contributed by atoms with van der Waals surface area (Å²) < 4.78 is 0. The van der Waals surface area contributed by atoms with Crippen LogP contribution in [0.1, 0.15) is 29.5 Å². The summed E-state index contributed by atoms with van der Waals surface area (Å²) >= 11 is 0. The van der Waals surface area contributed by atoms with Gasteiger partial charge in [-0.15, -0.1) is 6.58 Å². The quantitative estimate of drug-likeness (QED) is 0.444. The van der Waals surface area contributed by atoms with E-state index in [1.165, 1.54) is 0 Å². The van der Waals surface area contributed by atoms with Crippen LogP contribution in [0.15, 0.2) is 104 Å². The summed E-state index contributed by atoms with van der Waals surface area (Å²) in [5.41, 5.74) is 0.844. The number of likely N-dealkylation sites (tertiary alicyclic amines) is 1. The van der Waals surface area contributed by atoms with Crippen molar-refractivity contribution < 1.29 is 15.0 Å². The van der Waals surface area contributed by atoms with E-state index in [0.29, 0.717) is 6.42 Å². The number of β-amino-alcohol motifs (C(OH)–C–C–N with tert-alkyl or cyclic N) is 1. The summed E-state index contributed by atoms with van der Waals surface area (Å²) in [5.74, 6) is -0.938. The first-order valence-electron chi connectivity index (χ1n) is 10.5. The smallest absolute Gasteiger partial charge is 0.321 e. The number of hydrogen-bond acceptors (Lipinski definition) is 3. The van der Waals surface area contributed by atoms with Crippen LogP contribution in [0.5, 0.6) is 0 Å². The van der Waals surface area contributed by atoms with Crippen LogP contribution in [0.25, 0.3) is 0 Å². The van der Waals surface area contributed by atoms with Crippen molar-refractivity contribution in [3.05, 3.63) is 120 Å². The molecule has 1 aliphatic heterocycles. The van der Waals surface area contributed by atoms with Gasteiger partial charge < -0.3 is 10.2 Å². The topological polar surface area (TPSA) is 60.8 Å². The van der Waals surface area contributed by atoms with Gasteiger partial charge in [0.05, 0.1) is 11.1 Å². The SMILES string of the molecule is C=CCC1(O)CC(C(=O)O)N(C(c2ccccc2)(c2ccccc2)c2ccccc2)C1. The predicted octanol–water partition coefficient (Wildman–Crippen LogP) is 4.44. The molecule has 3 aromatic carbocycles. The average molecular weight is 414 g/mol. The van der Waals surface area contributed by atoms with Gasteiger partial charge in [-0.1, -0.05) is 97.1 Å². The Bertz CT molecular complexity index is 939. The molecule has 0 amide bonds. The van der Waals surface area contributed by atoms with E-state index in [0.717, 1.165) is 16.7 Å². The van der Waals surface area contributed by atoms with Crippen molar-refractivity contribution in [3.8, 4) is 0 Å². The summed E-state index contributed by atoms with van der Waals surface area (Å²) in [6.07, 6.45) is 2.14. The summed E-state index contributed by atoms with van der Waals surface area (Å²) in [6.45, 7) is 3.99. The minimum atomic E-state index is -1.16. The van der Waals surface area contributed by atoms with Crippen molar-refractivity contribution in [1.82, 2.24) is 4.90 Å². The number of rotatable bonds is 7. The molecule has 31 heavy (non-hydrogen) atoms. The molecular formula is C27H27NO3. The molecule has 158 valence electrons. The summed E-state index contributed by atoms with van der Waals surface area (Å²) in [6, 6.07) is 29.0. The molecule has 0 aromatic heterocycles. The zero-order chi connectivity index (χ0) is 21.9. The first-order chi connectivity index (χ1) is 15.0. The van der Waals surface area contributed by atoms with Crippen LogP contribution in [0, 0.1) is 0 Å². The molecule has 2 unspecified atom stereocenters. The Morgan fingerprint density at radius 1 is 0.935 bits per heavy atom. The van der Waals surface area contributed by atoms with E-state index in [1.54, 1.807) is 6.08 Å². The van der Waals surface area contributed by atoms with Gasteiger partial charge in [-0.05, 0) is 23.1 Å². The molecule has 2 atom stereocenters. The number of carbonyl (C=O) groups is 1. The second kappa shape index (κ2) is 8.50. The molecule has 0 saturated carbocycles. The Labute approximate surface area is 183 Å². The standard InChI is InChI=1S/C27H27NO3/c1-2-18-26(31)19-24(25(29)30)28(20-26)27(21-12-6-3-7-13-21,22-14-8-4-9-15-22)23-16-10-5-11-17-23/h2-17,24,31H,1,18-20H2,(H,29,30). The van der Waals surface area contributed by atoms with Gasteiger partial charge >= 0.3 is 5.97 Å². The number of hydrogen-bond donors (Lipinski definition) is 2. The van der Waals surface area contributed by atoms with E-state index in [1.807, 2.05) is 95.9 Å². The highest BCUT2D eigenvalue weighted by molar-refractivity contribution is 5.75. The highest BCUT2D eigenvalue weighted by Crippen LogP contribution is 2.48. The van der Waals surface area contributed by atoms with Gasteiger partial charge in [-0.2, -0.15) is 0 Å². The normalized spacial score (nSPS) is 21.6. The van der Waals surface area contributed by atoms with Crippen molar-refractivity contribution in [1.29, 1.82) is 0 Å². The maximum atomic E-state index is 12.5. The van der Waals surface area contributed by atoms with E-state index in [2.05, 4.69) is 6.58 Å². The third kappa shape index (κ3) is 3.69. The molecule has 2 N–H and O–H groups in total. The fourth-order valence-electron chi connectivity index (χ4n) is 4.99. The van der Waals surface area contributed by atoms with E-state index in [4.69, 9.17) is 0 Å². The summed E-state index contributed by atoms with van der Waals surface area (Å²) in [4.78, 5) is 14.4. The van der Waals surface area contributed by atoms with Crippen LogP contribution in [-0.2, 0) is 10.3 Å². The molecule has 0 radical (unpaired) electrons. The van der Waals surface area contributed by atoms with Crippen molar-refractivity contribution in [2.24, 2.45) is 0 Å². The molecule has 0 bridgehead atoms. The first kappa shape index (κ1) is 21.0. The van der Waals surface area contributed by atoms with Crippen molar-refractivity contribution >= 4 is 5.97 Å². The third-order valence-electron chi connectivity index (χ3n) is 6.23. The average Bonchev–Trinajstić information content (AvgIpc) is 3.15. The van der Waals surface area contributed by atoms with E-state index < -0.39 is 23.2 Å². The maximum absolute atomic E-state index is 12.5. The van der Waals surface area contributed by atoms with Gasteiger partial charge in [-0.25, -0.2) is 0 Å². The second-order valence-corrected chi connectivity index (χ2v) is 8.21. The zero-order valence-corrected chi connectivity index (χ0v) is 17.4. The van der Waals surface area contributed by atoms with E-state index in [-0.39, 0.29) is 13.0 Å². The van der Waals surface area contributed by atoms with Crippen molar-refractivity contribution in [2.75, 3.05) is 6.54 Å². The molecule has 1 fully saturated rings. The third-order valence-corrected chi connectivity index (χ3v) is 6.23. The van der Waals surface area contributed by atoms with E-state index >= 15 is 0 Å². The lowest BCUT2D eigenvalue weighted by molar-refractivity contribution is -0.143. The van der Waals surface area contributed by atoms with Crippen LogP contribution in [0.4, 0.5) is 0 Å². The minimum Gasteiger partial charge on any atom is -0.480 e. The maximum Gasteiger partial charge on any atom is 0.321 e. The van der Waals surface area contributed by atoms with Gasteiger partial charge in [0.1, 0.15) is 6.04 Å². The van der Waals surface area contributed by atoms with Crippen LogP contribution >= 0.6 is 0 Å². The molecule has 1 heterocycles. The highest BCUT2D eigenvalue weighted by atomic mass is 16.4. The van der Waals surface area contributed by atoms with Gasteiger partial charge in [-0.3, -0.25) is 9.69 Å². The number of nitrogens with zero attached hydrogens (tertiary/aromatic N) is 1. The van der Waals surface area contributed by atoms with Crippen molar-refractivity contribution in [2.45, 2.75) is 30.0 Å². The van der Waals surface area contributed by atoms with Crippen LogP contribution in [-0.4, -0.2) is 39.3 Å². The molecule has 4 nitrogen and oxygen atoms in total. The number of benzene rings is 3. The lowest BCUT2D eigenvalue weighted by atomic mass is 9.75. The molecule has 3 aromatic rings. The number of carboxylic acid groups (broad SMARTS) is 1. The molecule has 0 aliphatic carbocycles. The van der Waals surface area contributed by atoms with Gasteiger partial charge in [0.15, 0.2) is 0 Å². The zero-order valence-electron chi connectivity index (χ0n) is 17.4. The fourth-order valence-corrected chi connectivity index (χ4v) is 4.99. The molecule has 4 heteroatoms. The Balaban J connectivity index is 2.05. The summed E-state index contributed by atoms with van der Waals surface area (Å²) in [5, 5.41) is 21.5. The largest absolute Gasteiger partial charge is 0.480 e. The number of aliphatic carboxylic acids is 1. The highest BCUT2D eigenvalue weighted by Gasteiger charge is 2.55. The first-order valence-corrected chi connectivity index (χ1v) is 10.5. The molecule has 4 rings (SSSR count).